The quantitative estimate of drug-likeness (QED) is 0.742. The number of aryl methyl sites for hydroxylation is 1. The topological polar surface area (TPSA) is 73.5 Å². The molecule has 8 heteroatoms. The molecule has 0 radical (unpaired) electrons. The number of aromatic nitrogens is 1. The van der Waals surface area contributed by atoms with E-state index in [1.54, 1.807) is 6.92 Å². The smallest absolute Gasteiger partial charge is 0.305 e. The number of rotatable bonds is 9. The Balaban J connectivity index is 2.79. The van der Waals surface area contributed by atoms with Gasteiger partial charge in [-0.25, -0.2) is 8.42 Å². The molecule has 0 atom stereocenters. The molecule has 0 aromatic carbocycles. The van der Waals surface area contributed by atoms with Crippen molar-refractivity contribution in [1.82, 2.24) is 14.2 Å². The Labute approximate surface area is 130 Å². The molecule has 1 aromatic rings. The molecule has 1 N–H and O–H groups in total. The van der Waals surface area contributed by atoms with Crippen LogP contribution in [-0.2, 0) is 10.0 Å². The van der Waals surface area contributed by atoms with Crippen LogP contribution in [0.3, 0.4) is 0 Å². The molecule has 0 aliphatic carbocycles. The third-order valence-electron chi connectivity index (χ3n) is 3.48. The van der Waals surface area contributed by atoms with Crippen LogP contribution in [0.15, 0.2) is 9.00 Å². The highest BCUT2D eigenvalue weighted by molar-refractivity contribution is 7.91. The van der Waals surface area contributed by atoms with E-state index in [2.05, 4.69) is 23.7 Å². The van der Waals surface area contributed by atoms with Gasteiger partial charge in [-0.05, 0) is 33.0 Å². The molecule has 1 aromatic heterocycles. The number of nitrogens with one attached hydrogen (secondary N) is 1. The first-order valence-electron chi connectivity index (χ1n) is 7.28. The predicted molar refractivity (Wildman–Crippen MR) is 86.5 cm³/mol. The number of aromatic amines is 1. The Morgan fingerprint density at radius 3 is 2.14 bits per heavy atom. The second-order valence-electron chi connectivity index (χ2n) is 4.80. The van der Waals surface area contributed by atoms with Crippen molar-refractivity contribution < 1.29 is 8.42 Å². The van der Waals surface area contributed by atoms with Gasteiger partial charge in [0.2, 0.25) is 0 Å². The first-order chi connectivity index (χ1) is 9.86. The second-order valence-corrected chi connectivity index (χ2v) is 7.92. The van der Waals surface area contributed by atoms with E-state index in [0.717, 1.165) is 37.4 Å². The molecule has 0 aliphatic heterocycles. The summed E-state index contributed by atoms with van der Waals surface area (Å²) in [5.41, 5.74) is 0.423. The Hall–Kier alpha value is -0.700. The summed E-state index contributed by atoms with van der Waals surface area (Å²) in [6.07, 6.45) is 0.785. The number of H-pyrrole nitrogens is 1. The maximum atomic E-state index is 12.6. The van der Waals surface area contributed by atoms with Crippen molar-refractivity contribution in [3.63, 3.8) is 0 Å². The minimum absolute atomic E-state index is 0.136. The molecule has 0 saturated heterocycles. The van der Waals surface area contributed by atoms with Gasteiger partial charge in [0.15, 0.2) is 4.21 Å². The highest BCUT2D eigenvalue weighted by atomic mass is 32.2. The van der Waals surface area contributed by atoms with Crippen LogP contribution in [0.2, 0.25) is 0 Å². The summed E-state index contributed by atoms with van der Waals surface area (Å²) < 4.78 is 26.7. The standard InChI is InChI=1S/C13H25N3O3S2/c1-5-15(6-2)9-8-10-16(7-3)21(18,19)12-11(4)14-13(17)20-12/h5-10H2,1-4H3,(H,14,17). The Morgan fingerprint density at radius 1 is 1.10 bits per heavy atom. The van der Waals surface area contributed by atoms with E-state index in [1.165, 1.54) is 4.31 Å². The molecule has 1 rings (SSSR count). The zero-order valence-electron chi connectivity index (χ0n) is 13.2. The third-order valence-corrected chi connectivity index (χ3v) is 7.04. The molecule has 0 amide bonds. The molecular formula is C13H25N3O3S2. The fourth-order valence-electron chi connectivity index (χ4n) is 2.21. The highest BCUT2D eigenvalue weighted by Crippen LogP contribution is 2.21. The number of hydrogen-bond acceptors (Lipinski definition) is 5. The van der Waals surface area contributed by atoms with E-state index in [4.69, 9.17) is 0 Å². The number of thiazole rings is 1. The van der Waals surface area contributed by atoms with Crippen LogP contribution in [0.25, 0.3) is 0 Å². The highest BCUT2D eigenvalue weighted by Gasteiger charge is 2.27. The van der Waals surface area contributed by atoms with Crippen molar-refractivity contribution >= 4 is 21.4 Å². The van der Waals surface area contributed by atoms with Gasteiger partial charge < -0.3 is 9.88 Å². The van der Waals surface area contributed by atoms with Gasteiger partial charge in [-0.3, -0.25) is 4.79 Å². The monoisotopic (exact) mass is 335 g/mol. The van der Waals surface area contributed by atoms with Gasteiger partial charge in [0, 0.05) is 18.8 Å². The SMILES string of the molecule is CCN(CC)CCCN(CC)S(=O)(=O)c1sc(=O)[nH]c1C. The molecule has 21 heavy (non-hydrogen) atoms. The van der Waals surface area contributed by atoms with Crippen molar-refractivity contribution in [1.29, 1.82) is 0 Å². The maximum absolute atomic E-state index is 12.6. The summed E-state index contributed by atoms with van der Waals surface area (Å²) >= 11 is 0.763. The van der Waals surface area contributed by atoms with Crippen molar-refractivity contribution in [2.24, 2.45) is 0 Å². The van der Waals surface area contributed by atoms with Crippen molar-refractivity contribution in [2.75, 3.05) is 32.7 Å². The predicted octanol–water partition coefficient (Wildman–Crippen LogP) is 1.49. The average molecular weight is 335 g/mol. The Bertz CT molecular complexity index is 588. The lowest BCUT2D eigenvalue weighted by Crippen LogP contribution is -2.34. The lowest BCUT2D eigenvalue weighted by Gasteiger charge is -2.22. The minimum atomic E-state index is -3.57. The zero-order valence-corrected chi connectivity index (χ0v) is 14.8. The van der Waals surface area contributed by atoms with Gasteiger partial charge in [-0.15, -0.1) is 0 Å². The molecule has 0 unspecified atom stereocenters. The van der Waals surface area contributed by atoms with Gasteiger partial charge in [0.25, 0.3) is 10.0 Å². The molecule has 0 aliphatic rings. The molecule has 122 valence electrons. The van der Waals surface area contributed by atoms with Crippen LogP contribution in [-0.4, -0.2) is 55.3 Å². The first kappa shape index (κ1) is 18.3. The van der Waals surface area contributed by atoms with E-state index in [9.17, 15) is 13.2 Å². The van der Waals surface area contributed by atoms with E-state index in [1.807, 2.05) is 6.92 Å². The normalized spacial score (nSPS) is 12.5. The van der Waals surface area contributed by atoms with Crippen LogP contribution < -0.4 is 4.87 Å². The Kier molecular flexibility index (Phi) is 7.05. The molecule has 0 spiro atoms. The van der Waals surface area contributed by atoms with Gasteiger partial charge in [-0.2, -0.15) is 4.31 Å². The van der Waals surface area contributed by atoms with Crippen LogP contribution >= 0.6 is 11.3 Å². The average Bonchev–Trinajstić information content (AvgIpc) is 2.78. The zero-order chi connectivity index (χ0) is 16.0. The molecule has 1 heterocycles. The second kappa shape index (κ2) is 8.07. The van der Waals surface area contributed by atoms with E-state index in [0.29, 0.717) is 18.8 Å². The fourth-order valence-corrected chi connectivity index (χ4v) is 5.14. The Morgan fingerprint density at radius 2 is 1.71 bits per heavy atom. The summed E-state index contributed by atoms with van der Waals surface area (Å²) in [6, 6.07) is 0. The maximum Gasteiger partial charge on any atom is 0.305 e. The lowest BCUT2D eigenvalue weighted by atomic mass is 10.3. The summed E-state index contributed by atoms with van der Waals surface area (Å²) in [5, 5.41) is 0. The van der Waals surface area contributed by atoms with E-state index in [-0.39, 0.29) is 9.08 Å². The summed E-state index contributed by atoms with van der Waals surface area (Å²) in [6.45, 7) is 11.3. The minimum Gasteiger partial charge on any atom is -0.315 e. The molecular weight excluding hydrogens is 310 g/mol. The summed E-state index contributed by atoms with van der Waals surface area (Å²) in [4.78, 5) is 15.8. The first-order valence-corrected chi connectivity index (χ1v) is 9.54. The van der Waals surface area contributed by atoms with Gasteiger partial charge in [-0.1, -0.05) is 32.1 Å². The molecule has 0 saturated carbocycles. The van der Waals surface area contributed by atoms with Gasteiger partial charge in [0.1, 0.15) is 0 Å². The van der Waals surface area contributed by atoms with Gasteiger partial charge in [0.05, 0.1) is 0 Å². The molecule has 0 bridgehead atoms. The van der Waals surface area contributed by atoms with Gasteiger partial charge >= 0.3 is 4.87 Å². The number of nitrogens with zero attached hydrogens (tertiary/aromatic N) is 2. The number of hydrogen-bond donors (Lipinski definition) is 1. The summed E-state index contributed by atoms with van der Waals surface area (Å²) in [7, 11) is -3.57. The van der Waals surface area contributed by atoms with E-state index < -0.39 is 10.0 Å². The number of sulfonamides is 1. The molecule has 6 nitrogen and oxygen atoms in total. The summed E-state index contributed by atoms with van der Waals surface area (Å²) in [5.74, 6) is 0. The largest absolute Gasteiger partial charge is 0.315 e. The van der Waals surface area contributed by atoms with Crippen molar-refractivity contribution in [2.45, 2.75) is 38.3 Å². The van der Waals surface area contributed by atoms with Crippen LogP contribution in [0, 0.1) is 6.92 Å². The van der Waals surface area contributed by atoms with E-state index >= 15 is 0 Å². The van der Waals surface area contributed by atoms with Crippen molar-refractivity contribution in [3.05, 3.63) is 15.4 Å². The molecule has 0 fully saturated rings. The lowest BCUT2D eigenvalue weighted by molar-refractivity contribution is 0.285. The van der Waals surface area contributed by atoms with Crippen LogP contribution in [0.1, 0.15) is 32.9 Å². The third kappa shape index (κ3) is 4.64. The fraction of sp³-hybridized carbons (Fsp3) is 0.769. The van der Waals surface area contributed by atoms with Crippen LogP contribution in [0.5, 0.6) is 0 Å². The van der Waals surface area contributed by atoms with Crippen molar-refractivity contribution in [3.8, 4) is 0 Å². The van der Waals surface area contributed by atoms with Crippen LogP contribution in [0.4, 0.5) is 0 Å².